The third-order valence-corrected chi connectivity index (χ3v) is 5.65. The number of nitrogens with one attached hydrogen (secondary N) is 1. The zero-order valence-corrected chi connectivity index (χ0v) is 15.0. The summed E-state index contributed by atoms with van der Waals surface area (Å²) in [6, 6.07) is 9.61. The second-order valence-electron chi connectivity index (χ2n) is 5.10. The number of carbonyl (C=O) groups is 1. The van der Waals surface area contributed by atoms with Gasteiger partial charge in [-0.05, 0) is 24.4 Å². The summed E-state index contributed by atoms with van der Waals surface area (Å²) in [4.78, 5) is 20.9. The van der Waals surface area contributed by atoms with Crippen LogP contribution < -0.4 is 10.1 Å². The van der Waals surface area contributed by atoms with Crippen LogP contribution in [-0.2, 0) is 11.3 Å². The first-order chi connectivity index (χ1) is 11.7. The molecule has 1 N–H and O–H groups in total. The van der Waals surface area contributed by atoms with Crippen LogP contribution in [-0.4, -0.2) is 28.2 Å². The smallest absolute Gasteiger partial charge is 0.233 e. The Bertz CT molecular complexity index is 850. The van der Waals surface area contributed by atoms with Crippen molar-refractivity contribution in [1.29, 1.82) is 0 Å². The van der Waals surface area contributed by atoms with Crippen LogP contribution in [0.5, 0.6) is 5.75 Å². The Morgan fingerprint density at radius 2 is 2.17 bits per heavy atom. The molecule has 3 rings (SSSR count). The summed E-state index contributed by atoms with van der Waals surface area (Å²) < 4.78 is 6.32. The number of thioether (sulfide) groups is 1. The molecular weight excluding hydrogens is 342 g/mol. The van der Waals surface area contributed by atoms with Crippen LogP contribution >= 0.6 is 23.1 Å². The largest absolute Gasteiger partial charge is 0.496 e. The fraction of sp³-hybridized carbons (Fsp3) is 0.235. The van der Waals surface area contributed by atoms with E-state index in [2.05, 4.69) is 15.3 Å². The van der Waals surface area contributed by atoms with E-state index in [1.54, 1.807) is 18.4 Å². The first kappa shape index (κ1) is 16.7. The Labute approximate surface area is 148 Å². The molecule has 0 aliphatic rings. The van der Waals surface area contributed by atoms with Crippen molar-refractivity contribution in [2.45, 2.75) is 23.7 Å². The van der Waals surface area contributed by atoms with E-state index in [1.165, 1.54) is 18.1 Å². The van der Waals surface area contributed by atoms with Crippen LogP contribution in [0.1, 0.15) is 12.5 Å². The molecule has 3 aromatic rings. The molecule has 124 valence electrons. The van der Waals surface area contributed by atoms with Gasteiger partial charge in [-0.1, -0.05) is 30.0 Å². The van der Waals surface area contributed by atoms with Gasteiger partial charge in [-0.2, -0.15) is 0 Å². The van der Waals surface area contributed by atoms with Gasteiger partial charge in [0, 0.05) is 12.1 Å². The van der Waals surface area contributed by atoms with Crippen LogP contribution in [0, 0.1) is 0 Å². The second kappa shape index (κ2) is 7.63. The molecule has 0 fully saturated rings. The Hall–Kier alpha value is -2.12. The fourth-order valence-electron chi connectivity index (χ4n) is 2.25. The number of fused-ring (bicyclic) bond motifs is 1. The molecule has 0 aliphatic carbocycles. The number of benzene rings is 1. The number of ether oxygens (including phenoxy) is 1. The lowest BCUT2D eigenvalue weighted by molar-refractivity contribution is -0.120. The fourth-order valence-corrected chi connectivity index (χ4v) is 4.11. The molecule has 0 aliphatic heterocycles. The second-order valence-corrected chi connectivity index (χ2v) is 7.35. The number of methoxy groups -OCH3 is 1. The van der Waals surface area contributed by atoms with E-state index < -0.39 is 0 Å². The lowest BCUT2D eigenvalue weighted by Gasteiger charge is -2.13. The molecule has 2 aromatic heterocycles. The lowest BCUT2D eigenvalue weighted by atomic mass is 10.2. The minimum atomic E-state index is -0.250. The van der Waals surface area contributed by atoms with Gasteiger partial charge in [0.1, 0.15) is 17.1 Å². The summed E-state index contributed by atoms with van der Waals surface area (Å²) in [5, 5.41) is 5.53. The topological polar surface area (TPSA) is 64.1 Å². The molecule has 24 heavy (non-hydrogen) atoms. The van der Waals surface area contributed by atoms with Crippen molar-refractivity contribution in [2.75, 3.05) is 7.11 Å². The highest BCUT2D eigenvalue weighted by Crippen LogP contribution is 2.31. The maximum atomic E-state index is 12.4. The number of para-hydroxylation sites is 1. The number of nitrogens with zero attached hydrogens (tertiary/aromatic N) is 2. The monoisotopic (exact) mass is 359 g/mol. The molecule has 0 spiro atoms. The van der Waals surface area contributed by atoms with Crippen molar-refractivity contribution in [2.24, 2.45) is 0 Å². The van der Waals surface area contributed by atoms with Gasteiger partial charge in [-0.15, -0.1) is 11.3 Å². The summed E-state index contributed by atoms with van der Waals surface area (Å²) in [7, 11) is 1.63. The molecule has 1 amide bonds. The van der Waals surface area contributed by atoms with E-state index in [0.29, 0.717) is 6.54 Å². The number of thiophene rings is 1. The van der Waals surface area contributed by atoms with Gasteiger partial charge >= 0.3 is 0 Å². The third kappa shape index (κ3) is 3.68. The molecule has 0 radical (unpaired) electrons. The number of carbonyl (C=O) groups excluding carboxylic acids is 1. The highest BCUT2D eigenvalue weighted by molar-refractivity contribution is 8.00. The van der Waals surface area contributed by atoms with E-state index in [4.69, 9.17) is 4.74 Å². The van der Waals surface area contributed by atoms with Crippen LogP contribution in [0.15, 0.2) is 47.1 Å². The molecule has 0 saturated carbocycles. The highest BCUT2D eigenvalue weighted by atomic mass is 32.2. The average molecular weight is 359 g/mol. The summed E-state index contributed by atoms with van der Waals surface area (Å²) in [6.07, 6.45) is 1.54. The molecule has 2 heterocycles. The summed E-state index contributed by atoms with van der Waals surface area (Å²) in [5.41, 5.74) is 1.87. The molecule has 0 saturated heterocycles. The molecular formula is C17H17N3O2S2. The van der Waals surface area contributed by atoms with Gasteiger partial charge in [0.25, 0.3) is 0 Å². The molecule has 5 nitrogen and oxygen atoms in total. The van der Waals surface area contributed by atoms with Crippen molar-refractivity contribution in [3.05, 3.63) is 47.6 Å². The van der Waals surface area contributed by atoms with Crippen LogP contribution in [0.2, 0.25) is 0 Å². The number of rotatable bonds is 6. The Balaban J connectivity index is 1.64. The SMILES string of the molecule is COc1ccccc1CNC(=O)C(C)Sc1ncnc2ccsc12. The van der Waals surface area contributed by atoms with Gasteiger partial charge in [0.2, 0.25) is 5.91 Å². The summed E-state index contributed by atoms with van der Waals surface area (Å²) >= 11 is 3.04. The normalized spacial score (nSPS) is 12.1. The first-order valence-electron chi connectivity index (χ1n) is 7.43. The summed E-state index contributed by atoms with van der Waals surface area (Å²) in [5.74, 6) is 0.739. The predicted octanol–water partition coefficient (Wildman–Crippen LogP) is 3.50. The lowest BCUT2D eigenvalue weighted by Crippen LogP contribution is -2.30. The Morgan fingerprint density at radius 1 is 1.33 bits per heavy atom. The maximum Gasteiger partial charge on any atom is 0.233 e. The number of amides is 1. The molecule has 7 heteroatoms. The van der Waals surface area contributed by atoms with E-state index in [9.17, 15) is 4.79 Å². The van der Waals surface area contributed by atoms with E-state index in [1.807, 2.05) is 42.6 Å². The minimum absolute atomic E-state index is 0.0331. The third-order valence-electron chi connectivity index (χ3n) is 3.51. The van der Waals surface area contributed by atoms with Crippen molar-refractivity contribution in [1.82, 2.24) is 15.3 Å². The highest BCUT2D eigenvalue weighted by Gasteiger charge is 2.17. The molecule has 1 atom stereocenters. The van der Waals surface area contributed by atoms with Crippen molar-refractivity contribution in [3.8, 4) is 5.75 Å². The maximum absolute atomic E-state index is 12.4. The summed E-state index contributed by atoms with van der Waals surface area (Å²) in [6.45, 7) is 2.32. The standard InChI is InChI=1S/C17H17N3O2S2/c1-11(24-17-15-13(7-8-23-15)19-10-20-17)16(21)18-9-12-5-3-4-6-14(12)22-2/h3-8,10-11H,9H2,1-2H3,(H,18,21). The molecule has 1 aromatic carbocycles. The van der Waals surface area contributed by atoms with Gasteiger partial charge in [0.15, 0.2) is 0 Å². The number of hydrogen-bond acceptors (Lipinski definition) is 6. The van der Waals surface area contributed by atoms with Gasteiger partial charge in [-0.25, -0.2) is 9.97 Å². The Kier molecular flexibility index (Phi) is 5.32. The Morgan fingerprint density at radius 3 is 3.00 bits per heavy atom. The average Bonchev–Trinajstić information content (AvgIpc) is 3.09. The predicted molar refractivity (Wildman–Crippen MR) is 97.6 cm³/mol. The minimum Gasteiger partial charge on any atom is -0.496 e. The van der Waals surface area contributed by atoms with Crippen LogP contribution in [0.25, 0.3) is 10.2 Å². The van der Waals surface area contributed by atoms with Gasteiger partial charge in [-0.3, -0.25) is 4.79 Å². The number of hydrogen-bond donors (Lipinski definition) is 1. The van der Waals surface area contributed by atoms with Crippen LogP contribution in [0.4, 0.5) is 0 Å². The van der Waals surface area contributed by atoms with Crippen molar-refractivity contribution in [3.63, 3.8) is 0 Å². The van der Waals surface area contributed by atoms with Crippen molar-refractivity contribution >= 4 is 39.2 Å². The van der Waals surface area contributed by atoms with Gasteiger partial charge < -0.3 is 10.1 Å². The number of aromatic nitrogens is 2. The van der Waals surface area contributed by atoms with E-state index in [-0.39, 0.29) is 11.2 Å². The molecule has 0 bridgehead atoms. The zero-order chi connectivity index (χ0) is 16.9. The molecule has 1 unspecified atom stereocenters. The van der Waals surface area contributed by atoms with Gasteiger partial charge in [0.05, 0.1) is 22.6 Å². The van der Waals surface area contributed by atoms with Crippen molar-refractivity contribution < 1.29 is 9.53 Å². The first-order valence-corrected chi connectivity index (χ1v) is 9.19. The van der Waals surface area contributed by atoms with E-state index in [0.717, 1.165) is 26.6 Å². The zero-order valence-electron chi connectivity index (χ0n) is 13.4. The van der Waals surface area contributed by atoms with Crippen LogP contribution in [0.3, 0.4) is 0 Å². The quantitative estimate of drug-likeness (QED) is 0.539. The van der Waals surface area contributed by atoms with E-state index >= 15 is 0 Å².